The second-order valence-corrected chi connectivity index (χ2v) is 11.9. The number of amides is 1. The van der Waals surface area contributed by atoms with E-state index in [4.69, 9.17) is 21.7 Å². The molecule has 1 amide bonds. The highest BCUT2D eigenvalue weighted by Gasteiger charge is 2.21. The van der Waals surface area contributed by atoms with Gasteiger partial charge in [-0.2, -0.15) is 0 Å². The molecule has 5 rings (SSSR count). The first-order valence-electron chi connectivity index (χ1n) is 14.1. The predicted molar refractivity (Wildman–Crippen MR) is 175 cm³/mol. The minimum Gasteiger partial charge on any atom is -0.481 e. The highest BCUT2D eigenvalue weighted by atomic mass is 35.5. The van der Waals surface area contributed by atoms with Crippen molar-refractivity contribution in [2.75, 3.05) is 11.4 Å². The summed E-state index contributed by atoms with van der Waals surface area (Å²) < 4.78 is 0. The summed E-state index contributed by atoms with van der Waals surface area (Å²) in [6, 6.07) is 33.9. The number of nitrogens with zero attached hydrogens (tertiary/aromatic N) is 2. The van der Waals surface area contributed by atoms with E-state index < -0.39 is 5.97 Å². The zero-order chi connectivity index (χ0) is 30.3. The molecule has 1 aromatic heterocycles. The summed E-state index contributed by atoms with van der Waals surface area (Å²) in [5.74, 6) is -0.856. The van der Waals surface area contributed by atoms with E-state index in [0.717, 1.165) is 38.1 Å². The summed E-state index contributed by atoms with van der Waals surface area (Å²) in [4.78, 5) is 32.0. The number of rotatable bonds is 11. The number of nitrogens with one attached hydrogen (secondary N) is 1. The summed E-state index contributed by atoms with van der Waals surface area (Å²) in [5.41, 5.74) is 6.55. The van der Waals surface area contributed by atoms with Gasteiger partial charge in [-0.25, -0.2) is 4.98 Å². The van der Waals surface area contributed by atoms with Crippen LogP contribution >= 0.6 is 22.9 Å². The Labute approximate surface area is 260 Å². The van der Waals surface area contributed by atoms with Crippen LogP contribution in [0.5, 0.6) is 0 Å². The average molecular weight is 610 g/mol. The van der Waals surface area contributed by atoms with E-state index in [2.05, 4.69) is 60.5 Å². The van der Waals surface area contributed by atoms with Crippen molar-refractivity contribution in [3.8, 4) is 21.7 Å². The van der Waals surface area contributed by atoms with E-state index in [1.165, 1.54) is 5.56 Å². The van der Waals surface area contributed by atoms with Crippen molar-refractivity contribution >= 4 is 45.6 Å². The van der Waals surface area contributed by atoms with Gasteiger partial charge in [0.2, 0.25) is 0 Å². The first kappa shape index (κ1) is 30.0. The molecule has 5 aromatic rings. The molecule has 43 heavy (non-hydrogen) atoms. The monoisotopic (exact) mass is 609 g/mol. The number of thiazole rings is 1. The molecule has 0 bridgehead atoms. The molecule has 0 fully saturated rings. The lowest BCUT2D eigenvalue weighted by Crippen LogP contribution is -2.26. The number of benzene rings is 4. The van der Waals surface area contributed by atoms with Crippen LogP contribution < -0.4 is 10.2 Å². The fraction of sp³-hybridized carbons (Fsp3) is 0.171. The van der Waals surface area contributed by atoms with E-state index in [1.807, 2.05) is 60.7 Å². The van der Waals surface area contributed by atoms with Crippen molar-refractivity contribution in [1.82, 2.24) is 10.3 Å². The van der Waals surface area contributed by atoms with Crippen LogP contribution in [0.25, 0.3) is 21.7 Å². The van der Waals surface area contributed by atoms with E-state index >= 15 is 0 Å². The molecule has 8 heteroatoms. The largest absolute Gasteiger partial charge is 0.481 e. The lowest BCUT2D eigenvalue weighted by Gasteiger charge is -2.23. The van der Waals surface area contributed by atoms with Gasteiger partial charge in [0.05, 0.1) is 23.5 Å². The van der Waals surface area contributed by atoms with E-state index in [9.17, 15) is 9.59 Å². The smallest absolute Gasteiger partial charge is 0.305 e. The Morgan fingerprint density at radius 2 is 1.63 bits per heavy atom. The van der Waals surface area contributed by atoms with Gasteiger partial charge in [0.15, 0.2) is 5.13 Å². The number of hydrogen-bond donors (Lipinski definition) is 2. The molecule has 1 heterocycles. The van der Waals surface area contributed by atoms with Crippen molar-refractivity contribution < 1.29 is 14.7 Å². The zero-order valence-corrected chi connectivity index (χ0v) is 25.5. The van der Waals surface area contributed by atoms with Gasteiger partial charge in [-0.05, 0) is 59.0 Å². The summed E-state index contributed by atoms with van der Waals surface area (Å²) in [6.45, 7) is 4.89. The number of carboxylic acids is 1. The number of carbonyl (C=O) groups is 2. The molecule has 0 aliphatic carbocycles. The zero-order valence-electron chi connectivity index (χ0n) is 24.0. The molecule has 6 nitrogen and oxygen atoms in total. The molecule has 0 aliphatic heterocycles. The fourth-order valence-corrected chi connectivity index (χ4v) is 5.94. The first-order valence-corrected chi connectivity index (χ1v) is 15.3. The third-order valence-corrected chi connectivity index (χ3v) is 8.41. The minimum atomic E-state index is -0.954. The van der Waals surface area contributed by atoms with Crippen LogP contribution in [-0.4, -0.2) is 28.5 Å². The van der Waals surface area contributed by atoms with Crippen LogP contribution in [0.15, 0.2) is 103 Å². The quantitative estimate of drug-likeness (QED) is 0.156. The highest BCUT2D eigenvalue weighted by Crippen LogP contribution is 2.43. The molecule has 0 atom stereocenters. The van der Waals surface area contributed by atoms with Gasteiger partial charge in [-0.3, -0.25) is 9.59 Å². The Balaban J connectivity index is 1.56. The maximum atomic E-state index is 12.8. The minimum absolute atomic E-state index is 0.0710. The van der Waals surface area contributed by atoms with Crippen LogP contribution in [0.2, 0.25) is 5.02 Å². The molecule has 2 N–H and O–H groups in total. The summed E-state index contributed by atoms with van der Waals surface area (Å²) in [5, 5.41) is 13.1. The topological polar surface area (TPSA) is 82.5 Å². The Morgan fingerprint density at radius 3 is 2.30 bits per heavy atom. The van der Waals surface area contributed by atoms with Crippen molar-refractivity contribution in [3.63, 3.8) is 0 Å². The first-order chi connectivity index (χ1) is 20.8. The second kappa shape index (κ2) is 13.7. The predicted octanol–water partition coefficient (Wildman–Crippen LogP) is 8.80. The molecule has 0 aliphatic rings. The van der Waals surface area contributed by atoms with E-state index in [0.29, 0.717) is 23.0 Å². The van der Waals surface area contributed by atoms with Gasteiger partial charge in [-0.1, -0.05) is 104 Å². The van der Waals surface area contributed by atoms with Gasteiger partial charge in [0, 0.05) is 28.4 Å². The van der Waals surface area contributed by atoms with Crippen molar-refractivity contribution in [2.45, 2.75) is 32.7 Å². The van der Waals surface area contributed by atoms with Gasteiger partial charge in [-0.15, -0.1) is 0 Å². The van der Waals surface area contributed by atoms with Crippen LogP contribution in [-0.2, 0) is 11.3 Å². The van der Waals surface area contributed by atoms with Gasteiger partial charge < -0.3 is 15.3 Å². The Kier molecular flexibility index (Phi) is 9.55. The number of carboxylic acid groups (broad SMARTS) is 1. The Morgan fingerprint density at radius 1 is 0.907 bits per heavy atom. The second-order valence-electron chi connectivity index (χ2n) is 10.5. The third-order valence-electron chi connectivity index (χ3n) is 7.03. The molecular formula is C35H32ClN3O3S. The highest BCUT2D eigenvalue weighted by molar-refractivity contribution is 7.19. The maximum absolute atomic E-state index is 12.8. The molecule has 4 aromatic carbocycles. The van der Waals surface area contributed by atoms with Crippen molar-refractivity contribution in [1.29, 1.82) is 0 Å². The molecule has 0 saturated carbocycles. The summed E-state index contributed by atoms with van der Waals surface area (Å²) >= 11 is 7.83. The standard InChI is InChI=1S/C35H32ClN3O3S/c1-23(2)25-13-17-30(18-14-25)39(22-24-7-6-10-28(21-24)34(42)37-20-19-31(40)41)35-38-32(26-11-15-29(36)16-12-26)33(43-35)27-8-4-3-5-9-27/h3-18,21,23H,19-20,22H2,1-2H3,(H,37,42)(H,40,41). The Bertz CT molecular complexity index is 1700. The number of hydrogen-bond acceptors (Lipinski definition) is 5. The van der Waals surface area contributed by atoms with Gasteiger partial charge in [0.25, 0.3) is 5.91 Å². The molecule has 0 spiro atoms. The molecule has 218 valence electrons. The number of anilines is 2. The summed E-state index contributed by atoms with van der Waals surface area (Å²) in [7, 11) is 0. The molecular weight excluding hydrogens is 578 g/mol. The van der Waals surface area contributed by atoms with Crippen LogP contribution in [0.3, 0.4) is 0 Å². The lowest BCUT2D eigenvalue weighted by atomic mass is 10.0. The molecule has 0 unspecified atom stereocenters. The number of aromatic nitrogens is 1. The maximum Gasteiger partial charge on any atom is 0.305 e. The fourth-order valence-electron chi connectivity index (χ4n) is 4.70. The molecule has 0 saturated heterocycles. The van der Waals surface area contributed by atoms with Crippen LogP contribution in [0, 0.1) is 0 Å². The van der Waals surface area contributed by atoms with Crippen molar-refractivity contribution in [3.05, 3.63) is 125 Å². The van der Waals surface area contributed by atoms with E-state index in [1.54, 1.807) is 17.4 Å². The van der Waals surface area contributed by atoms with E-state index in [-0.39, 0.29) is 18.9 Å². The number of carbonyl (C=O) groups excluding carboxylic acids is 1. The van der Waals surface area contributed by atoms with Crippen molar-refractivity contribution in [2.24, 2.45) is 0 Å². The lowest BCUT2D eigenvalue weighted by molar-refractivity contribution is -0.136. The normalized spacial score (nSPS) is 11.0. The molecule has 0 radical (unpaired) electrons. The Hall–Kier alpha value is -4.46. The SMILES string of the molecule is CC(C)c1ccc(N(Cc2cccc(C(=O)NCCC(=O)O)c2)c2nc(-c3ccc(Cl)cc3)c(-c3ccccc3)s2)cc1. The van der Waals surface area contributed by atoms with Gasteiger partial charge in [0.1, 0.15) is 0 Å². The number of halogens is 1. The van der Waals surface area contributed by atoms with Crippen LogP contribution in [0.1, 0.15) is 47.7 Å². The van der Waals surface area contributed by atoms with Gasteiger partial charge >= 0.3 is 5.97 Å². The third kappa shape index (κ3) is 7.49. The summed E-state index contributed by atoms with van der Waals surface area (Å²) in [6.07, 6.45) is -0.130. The van der Waals surface area contributed by atoms with Crippen LogP contribution in [0.4, 0.5) is 10.8 Å². The average Bonchev–Trinajstić information content (AvgIpc) is 3.46. The number of aliphatic carboxylic acids is 1.